The highest BCUT2D eigenvalue weighted by molar-refractivity contribution is 7.85. The van der Waals surface area contributed by atoms with Crippen molar-refractivity contribution in [3.63, 3.8) is 0 Å². The van der Waals surface area contributed by atoms with Crippen LogP contribution in [0.1, 0.15) is 96.8 Å². The van der Waals surface area contributed by atoms with Gasteiger partial charge in [-0.25, -0.2) is 0 Å². The molecule has 1 unspecified atom stereocenters. The number of hydrogen-bond donors (Lipinski definition) is 4. The Morgan fingerprint density at radius 2 is 1.47 bits per heavy atom. The number of rotatable bonds is 24. The molecule has 0 saturated heterocycles. The van der Waals surface area contributed by atoms with Gasteiger partial charge in [-0.3, -0.25) is 14.2 Å². The molecule has 8 nitrogen and oxygen atoms in total. The summed E-state index contributed by atoms with van der Waals surface area (Å²) in [7, 11) is -4.26. The maximum absolute atomic E-state index is 12.0. The normalized spacial score (nSPS) is 13.1. The molecule has 0 bridgehead atoms. The fourth-order valence-electron chi connectivity index (χ4n) is 3.83. The van der Waals surface area contributed by atoms with Gasteiger partial charge in [-0.15, -0.1) is 0 Å². The zero-order valence-corrected chi connectivity index (χ0v) is 22.1. The predicted octanol–water partition coefficient (Wildman–Crippen LogP) is 3.68. The monoisotopic (exact) mass is 506 g/mol. The smallest absolute Gasteiger partial charge is 0.267 e. The Labute approximate surface area is 207 Å². The molecule has 0 radical (unpaired) electrons. The highest BCUT2D eigenvalue weighted by atomic mass is 32.2. The lowest BCUT2D eigenvalue weighted by Crippen LogP contribution is -2.42. The van der Waals surface area contributed by atoms with Gasteiger partial charge in [-0.1, -0.05) is 70.4 Å². The summed E-state index contributed by atoms with van der Waals surface area (Å²) < 4.78 is 30.5. The second-order valence-electron chi connectivity index (χ2n) is 9.11. The highest BCUT2D eigenvalue weighted by Crippen LogP contribution is 2.10. The molecule has 0 aliphatic rings. The van der Waals surface area contributed by atoms with Gasteiger partial charge in [0.1, 0.15) is 5.75 Å². The fourth-order valence-corrected chi connectivity index (χ4v) is 4.42. The maximum atomic E-state index is 12.0. The molecule has 0 fully saturated rings. The third-order valence-corrected chi connectivity index (χ3v) is 6.51. The molecule has 1 atom stereocenters. The Kier molecular flexibility index (Phi) is 21.8. The number of aliphatic hydroxyl groups is 2. The van der Waals surface area contributed by atoms with E-state index in [0.29, 0.717) is 19.5 Å². The summed E-state index contributed by atoms with van der Waals surface area (Å²) in [6, 6.07) is 0. The van der Waals surface area contributed by atoms with E-state index in [1.54, 1.807) is 4.90 Å². The Morgan fingerprint density at radius 1 is 0.912 bits per heavy atom. The minimum absolute atomic E-state index is 0.00947. The molecule has 0 rings (SSSR count). The number of unbranched alkanes of at least 4 members (excludes halogenated alkanes) is 11. The Morgan fingerprint density at radius 3 is 2.03 bits per heavy atom. The summed E-state index contributed by atoms with van der Waals surface area (Å²) in [6.45, 7) is 3.05. The molecule has 0 saturated carbocycles. The first-order valence-corrected chi connectivity index (χ1v) is 14.8. The molecule has 0 spiro atoms. The van der Waals surface area contributed by atoms with Crippen LogP contribution < -0.4 is 5.32 Å². The minimum Gasteiger partial charge on any atom is -0.395 e. The number of allylic oxidation sites excluding steroid dienone is 2. The number of carbonyl (C=O) groups excluding carboxylic acids is 1. The average molecular weight is 507 g/mol. The molecule has 34 heavy (non-hydrogen) atoms. The standard InChI is InChI=1S/C25H50N2O6S/c1-2-3-4-5-6-7-8-9-10-11-12-13-14-15-16-17-25(30)26-18-19-27(20-21-28)22-24(29)23-34(31,32)33/h9-10,24,28-29H,2-8,11-23H2,1H3,(H,26,30)(H,31,32,33). The number of aliphatic hydroxyl groups excluding tert-OH is 2. The Bertz CT molecular complexity index is 613. The van der Waals surface area contributed by atoms with E-state index in [4.69, 9.17) is 9.66 Å². The van der Waals surface area contributed by atoms with E-state index in [1.165, 1.54) is 57.8 Å². The quantitative estimate of drug-likeness (QED) is 0.0893. The van der Waals surface area contributed by atoms with Gasteiger partial charge in [0.05, 0.1) is 12.7 Å². The van der Waals surface area contributed by atoms with Crippen molar-refractivity contribution in [2.75, 3.05) is 38.5 Å². The van der Waals surface area contributed by atoms with E-state index in [2.05, 4.69) is 24.4 Å². The highest BCUT2D eigenvalue weighted by Gasteiger charge is 2.17. The molecule has 0 aromatic heterocycles. The Hall–Kier alpha value is -1.00. The van der Waals surface area contributed by atoms with E-state index in [1.807, 2.05) is 0 Å². The van der Waals surface area contributed by atoms with Gasteiger partial charge in [0.25, 0.3) is 10.1 Å². The van der Waals surface area contributed by atoms with Crippen molar-refractivity contribution < 1.29 is 28.0 Å². The van der Waals surface area contributed by atoms with Gasteiger partial charge in [0.15, 0.2) is 0 Å². The van der Waals surface area contributed by atoms with E-state index in [9.17, 15) is 18.3 Å². The van der Waals surface area contributed by atoms with Crippen LogP contribution in [0.3, 0.4) is 0 Å². The summed E-state index contributed by atoms with van der Waals surface area (Å²) in [5.74, 6) is -0.781. The first kappa shape index (κ1) is 33.0. The van der Waals surface area contributed by atoms with Gasteiger partial charge >= 0.3 is 0 Å². The number of nitrogens with one attached hydrogen (secondary N) is 1. The second-order valence-corrected chi connectivity index (χ2v) is 10.6. The van der Waals surface area contributed by atoms with Crippen molar-refractivity contribution in [1.82, 2.24) is 10.2 Å². The molecule has 0 aromatic carbocycles. The van der Waals surface area contributed by atoms with E-state index in [0.717, 1.165) is 25.7 Å². The molecule has 202 valence electrons. The molecular formula is C25H50N2O6S. The molecule has 0 aliphatic carbocycles. The third kappa shape index (κ3) is 24.1. The lowest BCUT2D eigenvalue weighted by molar-refractivity contribution is -0.121. The summed E-state index contributed by atoms with van der Waals surface area (Å²) in [5.41, 5.74) is 0. The molecule has 0 aliphatic heterocycles. The molecule has 1 amide bonds. The van der Waals surface area contributed by atoms with Crippen molar-refractivity contribution >= 4 is 16.0 Å². The van der Waals surface area contributed by atoms with E-state index < -0.39 is 22.0 Å². The van der Waals surface area contributed by atoms with Crippen LogP contribution in [0.5, 0.6) is 0 Å². The average Bonchev–Trinajstić information content (AvgIpc) is 2.75. The molecular weight excluding hydrogens is 456 g/mol. The SMILES string of the molecule is CCCCCCCCC=CCCCCCCCC(=O)NCCN(CCO)CC(O)CS(=O)(=O)O. The van der Waals surface area contributed by atoms with Crippen LogP contribution >= 0.6 is 0 Å². The molecule has 4 N–H and O–H groups in total. The van der Waals surface area contributed by atoms with E-state index >= 15 is 0 Å². The maximum Gasteiger partial charge on any atom is 0.267 e. The first-order chi connectivity index (χ1) is 16.3. The summed E-state index contributed by atoms with van der Waals surface area (Å²) in [6.07, 6.45) is 19.6. The summed E-state index contributed by atoms with van der Waals surface area (Å²) in [5, 5.41) is 21.7. The number of amides is 1. The van der Waals surface area contributed by atoms with Crippen molar-refractivity contribution in [3.05, 3.63) is 12.2 Å². The van der Waals surface area contributed by atoms with Crippen LogP contribution in [-0.2, 0) is 14.9 Å². The van der Waals surface area contributed by atoms with Gasteiger partial charge < -0.3 is 15.5 Å². The van der Waals surface area contributed by atoms with Crippen molar-refractivity contribution in [1.29, 1.82) is 0 Å². The van der Waals surface area contributed by atoms with E-state index in [-0.39, 0.29) is 25.6 Å². The van der Waals surface area contributed by atoms with Crippen LogP contribution in [0.4, 0.5) is 0 Å². The topological polar surface area (TPSA) is 127 Å². The number of carbonyl (C=O) groups is 1. The second kappa shape index (κ2) is 22.5. The molecule has 9 heteroatoms. The van der Waals surface area contributed by atoms with Gasteiger partial charge in [-0.2, -0.15) is 8.42 Å². The lowest BCUT2D eigenvalue weighted by Gasteiger charge is -2.23. The van der Waals surface area contributed by atoms with Crippen LogP contribution in [0.15, 0.2) is 12.2 Å². The predicted molar refractivity (Wildman–Crippen MR) is 138 cm³/mol. The Balaban J connectivity index is 3.66. The number of hydrogen-bond acceptors (Lipinski definition) is 6. The van der Waals surface area contributed by atoms with Crippen LogP contribution in [0.2, 0.25) is 0 Å². The zero-order chi connectivity index (χ0) is 25.5. The number of nitrogens with zero attached hydrogens (tertiary/aromatic N) is 1. The molecule has 0 aromatic rings. The fraction of sp³-hybridized carbons (Fsp3) is 0.880. The van der Waals surface area contributed by atoms with Gasteiger partial charge in [-0.05, 0) is 32.1 Å². The van der Waals surface area contributed by atoms with Crippen LogP contribution in [0, 0.1) is 0 Å². The van der Waals surface area contributed by atoms with Gasteiger partial charge in [0, 0.05) is 32.6 Å². The van der Waals surface area contributed by atoms with Gasteiger partial charge in [0.2, 0.25) is 5.91 Å². The zero-order valence-electron chi connectivity index (χ0n) is 21.3. The summed E-state index contributed by atoms with van der Waals surface area (Å²) in [4.78, 5) is 13.6. The van der Waals surface area contributed by atoms with Crippen LogP contribution in [-0.4, -0.2) is 78.6 Å². The van der Waals surface area contributed by atoms with Crippen molar-refractivity contribution in [2.45, 2.75) is 103 Å². The third-order valence-electron chi connectivity index (χ3n) is 5.70. The van der Waals surface area contributed by atoms with Crippen LogP contribution in [0.25, 0.3) is 0 Å². The van der Waals surface area contributed by atoms with Crippen molar-refractivity contribution in [3.8, 4) is 0 Å². The lowest BCUT2D eigenvalue weighted by atomic mass is 10.1. The van der Waals surface area contributed by atoms with Crippen molar-refractivity contribution in [2.24, 2.45) is 0 Å². The minimum atomic E-state index is -4.26. The first-order valence-electron chi connectivity index (χ1n) is 13.2. The molecule has 0 heterocycles. The summed E-state index contributed by atoms with van der Waals surface area (Å²) >= 11 is 0. The largest absolute Gasteiger partial charge is 0.395 e.